The molecule has 0 radical (unpaired) electrons. The van der Waals surface area contributed by atoms with Crippen LogP contribution in [0.25, 0.3) is 0 Å². The molecule has 1 aliphatic rings. The summed E-state index contributed by atoms with van der Waals surface area (Å²) >= 11 is 1.14. The zero-order valence-corrected chi connectivity index (χ0v) is 13.7. The van der Waals surface area contributed by atoms with Crippen LogP contribution in [0.5, 0.6) is 0 Å². The summed E-state index contributed by atoms with van der Waals surface area (Å²) in [6.07, 6.45) is 3.45. The molecule has 0 spiro atoms. The summed E-state index contributed by atoms with van der Waals surface area (Å²) in [6, 6.07) is 6.43. The van der Waals surface area contributed by atoms with Gasteiger partial charge in [0.05, 0.1) is 22.7 Å². The van der Waals surface area contributed by atoms with E-state index in [4.69, 9.17) is 4.42 Å². The van der Waals surface area contributed by atoms with Crippen molar-refractivity contribution in [3.63, 3.8) is 0 Å². The average molecular weight is 347 g/mol. The van der Waals surface area contributed by atoms with E-state index in [0.717, 1.165) is 37.3 Å². The second-order valence-corrected chi connectivity index (χ2v) is 6.45. The molecule has 3 rings (SSSR count). The third-order valence-electron chi connectivity index (χ3n) is 3.67. The van der Waals surface area contributed by atoms with Gasteiger partial charge in [0.1, 0.15) is 0 Å². The highest BCUT2D eigenvalue weighted by atomic mass is 32.1. The molecule has 0 unspecified atom stereocenters. The van der Waals surface area contributed by atoms with Gasteiger partial charge in [-0.2, -0.15) is 0 Å². The van der Waals surface area contributed by atoms with Gasteiger partial charge in [-0.1, -0.05) is 0 Å². The summed E-state index contributed by atoms with van der Waals surface area (Å²) in [6.45, 7) is 1.51. The number of hydrogen-bond acceptors (Lipinski definition) is 5. The van der Waals surface area contributed by atoms with Crippen LogP contribution in [0.15, 0.2) is 34.9 Å². The Kier molecular flexibility index (Phi) is 4.95. The number of carbonyl (C=O) groups is 3. The van der Waals surface area contributed by atoms with Gasteiger partial charge in [-0.15, -0.1) is 11.3 Å². The highest BCUT2D eigenvalue weighted by Crippen LogP contribution is 2.22. The van der Waals surface area contributed by atoms with Gasteiger partial charge in [-0.3, -0.25) is 14.4 Å². The molecule has 2 aromatic rings. The normalized spacial score (nSPS) is 13.8. The number of nitrogens with zero attached hydrogens (tertiary/aromatic N) is 1. The van der Waals surface area contributed by atoms with Crippen molar-refractivity contribution in [2.75, 3.05) is 25.0 Å². The molecule has 24 heavy (non-hydrogen) atoms. The Labute approximate surface area is 142 Å². The standard InChI is InChI=1S/C16H17N3O4S/c20-14(19-7-1-2-8-19)10-17-16(22)12-5-6-13(24-12)18-15(21)11-4-3-9-23-11/h3-6,9H,1-2,7-8,10H2,(H,17,22)(H,18,21). The molecule has 0 saturated carbocycles. The Bertz CT molecular complexity index is 732. The van der Waals surface area contributed by atoms with E-state index in [1.165, 1.54) is 6.26 Å². The van der Waals surface area contributed by atoms with E-state index in [1.807, 2.05) is 0 Å². The van der Waals surface area contributed by atoms with Crippen LogP contribution < -0.4 is 10.6 Å². The SMILES string of the molecule is O=C(Nc1ccc(C(=O)NCC(=O)N2CCCC2)s1)c1ccco1. The lowest BCUT2D eigenvalue weighted by Gasteiger charge is -2.15. The van der Waals surface area contributed by atoms with E-state index >= 15 is 0 Å². The fourth-order valence-electron chi connectivity index (χ4n) is 2.43. The molecule has 3 amide bonds. The molecule has 2 aromatic heterocycles. The van der Waals surface area contributed by atoms with E-state index in [1.54, 1.807) is 29.2 Å². The van der Waals surface area contributed by atoms with Crippen molar-refractivity contribution in [2.45, 2.75) is 12.8 Å². The Balaban J connectivity index is 1.51. The first-order valence-electron chi connectivity index (χ1n) is 7.64. The molecule has 0 atom stereocenters. The lowest BCUT2D eigenvalue weighted by Crippen LogP contribution is -2.38. The summed E-state index contributed by atoms with van der Waals surface area (Å²) in [5, 5.41) is 5.81. The first-order chi connectivity index (χ1) is 11.6. The Hall–Kier alpha value is -2.61. The maximum atomic E-state index is 12.1. The second kappa shape index (κ2) is 7.31. The summed E-state index contributed by atoms with van der Waals surface area (Å²) in [7, 11) is 0. The van der Waals surface area contributed by atoms with Gasteiger partial charge in [0.15, 0.2) is 5.76 Å². The van der Waals surface area contributed by atoms with Gasteiger partial charge in [0, 0.05) is 13.1 Å². The summed E-state index contributed by atoms with van der Waals surface area (Å²) < 4.78 is 5.01. The molecule has 0 aromatic carbocycles. The Morgan fingerprint density at radius 1 is 1.12 bits per heavy atom. The summed E-state index contributed by atoms with van der Waals surface area (Å²) in [4.78, 5) is 38.1. The molecule has 1 fully saturated rings. The third-order valence-corrected chi connectivity index (χ3v) is 4.67. The molecule has 2 N–H and O–H groups in total. The minimum absolute atomic E-state index is 0.00911. The van der Waals surface area contributed by atoms with E-state index in [-0.39, 0.29) is 30.0 Å². The fourth-order valence-corrected chi connectivity index (χ4v) is 3.25. The molecule has 7 nitrogen and oxygen atoms in total. The molecular formula is C16H17N3O4S. The van der Waals surface area contributed by atoms with Crippen LogP contribution in [0.2, 0.25) is 0 Å². The van der Waals surface area contributed by atoms with Crippen molar-refractivity contribution >= 4 is 34.1 Å². The number of furan rings is 1. The van der Waals surface area contributed by atoms with Gasteiger partial charge in [0.2, 0.25) is 5.91 Å². The van der Waals surface area contributed by atoms with Gasteiger partial charge >= 0.3 is 0 Å². The maximum absolute atomic E-state index is 12.1. The monoisotopic (exact) mass is 347 g/mol. The predicted molar refractivity (Wildman–Crippen MR) is 89.1 cm³/mol. The van der Waals surface area contributed by atoms with Crippen LogP contribution in [0, 0.1) is 0 Å². The van der Waals surface area contributed by atoms with Crippen molar-refractivity contribution in [1.82, 2.24) is 10.2 Å². The summed E-state index contributed by atoms with van der Waals surface area (Å²) in [5.74, 6) is -0.571. The predicted octanol–water partition coefficient (Wildman–Crippen LogP) is 1.95. The lowest BCUT2D eigenvalue weighted by molar-refractivity contribution is -0.129. The van der Waals surface area contributed by atoms with Crippen molar-refractivity contribution in [3.05, 3.63) is 41.2 Å². The lowest BCUT2D eigenvalue weighted by atomic mass is 10.4. The largest absolute Gasteiger partial charge is 0.459 e. The highest BCUT2D eigenvalue weighted by molar-refractivity contribution is 7.18. The quantitative estimate of drug-likeness (QED) is 0.865. The van der Waals surface area contributed by atoms with Gasteiger partial charge in [-0.05, 0) is 37.1 Å². The number of carbonyl (C=O) groups excluding carboxylic acids is 3. The van der Waals surface area contributed by atoms with Gasteiger partial charge < -0.3 is 20.0 Å². The molecule has 1 saturated heterocycles. The number of nitrogens with one attached hydrogen (secondary N) is 2. The van der Waals surface area contributed by atoms with Crippen LogP contribution >= 0.6 is 11.3 Å². The van der Waals surface area contributed by atoms with E-state index in [0.29, 0.717) is 9.88 Å². The topological polar surface area (TPSA) is 91.7 Å². The summed E-state index contributed by atoms with van der Waals surface area (Å²) in [5.41, 5.74) is 0. The van der Waals surface area contributed by atoms with Crippen LogP contribution in [-0.4, -0.2) is 42.3 Å². The fraction of sp³-hybridized carbons (Fsp3) is 0.312. The minimum Gasteiger partial charge on any atom is -0.459 e. The van der Waals surface area contributed by atoms with Crippen molar-refractivity contribution < 1.29 is 18.8 Å². The molecule has 0 aliphatic carbocycles. The van der Waals surface area contributed by atoms with Crippen molar-refractivity contribution in [2.24, 2.45) is 0 Å². The number of hydrogen-bond donors (Lipinski definition) is 2. The maximum Gasteiger partial charge on any atom is 0.291 e. The average Bonchev–Trinajstić information content (AvgIpc) is 3.33. The third kappa shape index (κ3) is 3.83. The smallest absolute Gasteiger partial charge is 0.291 e. The molecule has 1 aliphatic heterocycles. The second-order valence-electron chi connectivity index (χ2n) is 5.37. The number of thiophene rings is 1. The number of likely N-dealkylation sites (tertiary alicyclic amines) is 1. The molecule has 8 heteroatoms. The van der Waals surface area contributed by atoms with Crippen molar-refractivity contribution in [1.29, 1.82) is 0 Å². The van der Waals surface area contributed by atoms with Crippen molar-refractivity contribution in [3.8, 4) is 0 Å². The Morgan fingerprint density at radius 3 is 2.62 bits per heavy atom. The first kappa shape index (κ1) is 16.3. The van der Waals surface area contributed by atoms with Crippen LogP contribution in [0.1, 0.15) is 33.1 Å². The number of rotatable bonds is 5. The Morgan fingerprint density at radius 2 is 1.92 bits per heavy atom. The number of anilines is 1. The molecule has 0 bridgehead atoms. The zero-order chi connectivity index (χ0) is 16.9. The molecular weight excluding hydrogens is 330 g/mol. The van der Waals surface area contributed by atoms with E-state index in [9.17, 15) is 14.4 Å². The van der Waals surface area contributed by atoms with Crippen LogP contribution in [-0.2, 0) is 4.79 Å². The highest BCUT2D eigenvalue weighted by Gasteiger charge is 2.19. The molecule has 126 valence electrons. The minimum atomic E-state index is -0.377. The van der Waals surface area contributed by atoms with Crippen LogP contribution in [0.3, 0.4) is 0 Å². The van der Waals surface area contributed by atoms with Crippen LogP contribution in [0.4, 0.5) is 5.00 Å². The number of amides is 3. The van der Waals surface area contributed by atoms with Gasteiger partial charge in [0.25, 0.3) is 11.8 Å². The van der Waals surface area contributed by atoms with E-state index in [2.05, 4.69) is 10.6 Å². The molecule has 3 heterocycles. The zero-order valence-electron chi connectivity index (χ0n) is 12.9. The first-order valence-corrected chi connectivity index (χ1v) is 8.46. The van der Waals surface area contributed by atoms with Gasteiger partial charge in [-0.25, -0.2) is 0 Å². The van der Waals surface area contributed by atoms with E-state index < -0.39 is 0 Å².